The van der Waals surface area contributed by atoms with E-state index in [2.05, 4.69) is 45.7 Å². The zero-order valence-corrected chi connectivity index (χ0v) is 11.3. The average molecular weight is 256 g/mol. The molecule has 0 aliphatic carbocycles. The molecule has 3 rings (SSSR count). The first-order valence-electron chi connectivity index (χ1n) is 6.97. The molecule has 0 radical (unpaired) electrons. The fourth-order valence-corrected chi connectivity index (χ4v) is 2.83. The third-order valence-corrected chi connectivity index (χ3v) is 3.90. The largest absolute Gasteiger partial charge is 0.357 e. The molecule has 1 saturated heterocycles. The highest BCUT2D eigenvalue weighted by Gasteiger charge is 2.17. The van der Waals surface area contributed by atoms with Crippen LogP contribution >= 0.6 is 0 Å². The van der Waals surface area contributed by atoms with Crippen LogP contribution in [0.3, 0.4) is 0 Å². The number of piperidine rings is 1. The zero-order valence-electron chi connectivity index (χ0n) is 11.3. The van der Waals surface area contributed by atoms with Crippen LogP contribution in [0.1, 0.15) is 12.8 Å². The summed E-state index contributed by atoms with van der Waals surface area (Å²) in [4.78, 5) is 2.26. The minimum Gasteiger partial charge on any atom is -0.357 e. The number of rotatable bonds is 3. The summed E-state index contributed by atoms with van der Waals surface area (Å²) < 4.78 is 0. The van der Waals surface area contributed by atoms with E-state index >= 15 is 0 Å². The van der Waals surface area contributed by atoms with Crippen molar-refractivity contribution in [3.63, 3.8) is 0 Å². The molecule has 0 amide bonds. The summed E-state index contributed by atoms with van der Waals surface area (Å²) in [6, 6.07) is 8.32. The first-order valence-corrected chi connectivity index (χ1v) is 6.97. The summed E-state index contributed by atoms with van der Waals surface area (Å²) in [5.41, 5.74) is 0. The molecule has 0 saturated carbocycles. The van der Waals surface area contributed by atoms with E-state index in [4.69, 9.17) is 0 Å². The maximum absolute atomic E-state index is 4.33. The highest BCUT2D eigenvalue weighted by atomic mass is 15.2. The van der Waals surface area contributed by atoms with Crippen molar-refractivity contribution in [2.24, 2.45) is 5.92 Å². The number of hydrogen-bond acceptors (Lipinski definition) is 4. The predicted molar refractivity (Wildman–Crippen MR) is 78.4 cm³/mol. The van der Waals surface area contributed by atoms with Crippen molar-refractivity contribution >= 4 is 16.6 Å². The van der Waals surface area contributed by atoms with Crippen LogP contribution in [0, 0.1) is 5.92 Å². The molecular weight excluding hydrogens is 236 g/mol. The Hall–Kier alpha value is -1.68. The maximum Gasteiger partial charge on any atom is 0.158 e. The lowest BCUT2D eigenvalue weighted by Gasteiger charge is -2.28. The number of benzene rings is 1. The van der Waals surface area contributed by atoms with Gasteiger partial charge in [0.2, 0.25) is 0 Å². The molecule has 1 N–H and O–H groups in total. The summed E-state index contributed by atoms with van der Waals surface area (Å²) >= 11 is 0. The van der Waals surface area contributed by atoms with Crippen LogP contribution < -0.4 is 10.2 Å². The van der Waals surface area contributed by atoms with Gasteiger partial charge in [-0.3, -0.25) is 0 Å². The summed E-state index contributed by atoms with van der Waals surface area (Å²) in [7, 11) is 2.12. The Balaban J connectivity index is 1.82. The van der Waals surface area contributed by atoms with E-state index in [1.165, 1.54) is 18.2 Å². The Morgan fingerprint density at radius 3 is 2.89 bits per heavy atom. The van der Waals surface area contributed by atoms with Crippen molar-refractivity contribution in [2.45, 2.75) is 12.8 Å². The van der Waals surface area contributed by atoms with Crippen molar-refractivity contribution in [2.75, 3.05) is 31.6 Å². The fourth-order valence-electron chi connectivity index (χ4n) is 2.83. The first kappa shape index (κ1) is 12.4. The topological polar surface area (TPSA) is 41.0 Å². The van der Waals surface area contributed by atoms with Gasteiger partial charge in [-0.05, 0) is 31.8 Å². The molecule has 1 fully saturated rings. The lowest BCUT2D eigenvalue weighted by atomic mass is 9.97. The molecule has 2 heterocycles. The van der Waals surface area contributed by atoms with Gasteiger partial charge in [0.25, 0.3) is 0 Å². The van der Waals surface area contributed by atoms with E-state index in [0.29, 0.717) is 0 Å². The molecule has 0 spiro atoms. The molecule has 0 atom stereocenters. The number of nitrogens with one attached hydrogen (secondary N) is 1. The van der Waals surface area contributed by atoms with E-state index in [1.54, 1.807) is 0 Å². The van der Waals surface area contributed by atoms with Crippen molar-refractivity contribution in [3.05, 3.63) is 30.5 Å². The van der Waals surface area contributed by atoms with Gasteiger partial charge < -0.3 is 10.2 Å². The minimum absolute atomic E-state index is 0.756. The Bertz CT molecular complexity index is 543. The van der Waals surface area contributed by atoms with Gasteiger partial charge >= 0.3 is 0 Å². The molecule has 1 aromatic carbocycles. The highest BCUT2D eigenvalue weighted by molar-refractivity contribution is 5.91. The van der Waals surface area contributed by atoms with E-state index in [9.17, 15) is 0 Å². The Morgan fingerprint density at radius 2 is 2.05 bits per heavy atom. The van der Waals surface area contributed by atoms with Crippen molar-refractivity contribution < 1.29 is 0 Å². The second kappa shape index (κ2) is 5.53. The first-order chi connectivity index (χ1) is 9.34. The van der Waals surface area contributed by atoms with Crippen LogP contribution in [0.2, 0.25) is 0 Å². The van der Waals surface area contributed by atoms with Crippen LogP contribution in [0.15, 0.2) is 30.5 Å². The number of aromatic nitrogens is 2. The molecule has 4 nitrogen and oxygen atoms in total. The monoisotopic (exact) mass is 256 g/mol. The molecule has 0 unspecified atom stereocenters. The summed E-state index contributed by atoms with van der Waals surface area (Å²) in [5.74, 6) is 1.75. The van der Waals surface area contributed by atoms with Gasteiger partial charge in [0, 0.05) is 24.4 Å². The van der Waals surface area contributed by atoms with Crippen LogP contribution in [-0.2, 0) is 0 Å². The maximum atomic E-state index is 4.33. The molecule has 1 aliphatic rings. The van der Waals surface area contributed by atoms with Crippen molar-refractivity contribution in [1.29, 1.82) is 0 Å². The second-order valence-electron chi connectivity index (χ2n) is 5.33. The summed E-state index contributed by atoms with van der Waals surface area (Å²) in [5, 5.41) is 14.2. The van der Waals surface area contributed by atoms with Crippen LogP contribution in [0.25, 0.3) is 10.8 Å². The Morgan fingerprint density at radius 1 is 1.26 bits per heavy atom. The van der Waals surface area contributed by atoms with Crippen molar-refractivity contribution in [1.82, 2.24) is 15.5 Å². The van der Waals surface area contributed by atoms with Gasteiger partial charge in [-0.2, -0.15) is 5.10 Å². The van der Waals surface area contributed by atoms with Crippen molar-refractivity contribution in [3.8, 4) is 0 Å². The number of hydrogen-bond donors (Lipinski definition) is 1. The third kappa shape index (κ3) is 2.68. The molecule has 1 aromatic heterocycles. The van der Waals surface area contributed by atoms with E-state index in [1.807, 2.05) is 12.3 Å². The summed E-state index contributed by atoms with van der Waals surface area (Å²) in [6.07, 6.45) is 4.34. The number of nitrogens with zero attached hydrogens (tertiary/aromatic N) is 3. The normalized spacial score (nSPS) is 16.7. The minimum atomic E-state index is 0.756. The third-order valence-electron chi connectivity index (χ3n) is 3.90. The Kier molecular flexibility index (Phi) is 3.60. The molecule has 4 heteroatoms. The number of anilines is 1. The predicted octanol–water partition coefficient (Wildman–Crippen LogP) is 2.07. The van der Waals surface area contributed by atoms with Crippen LogP contribution in [-0.4, -0.2) is 36.9 Å². The van der Waals surface area contributed by atoms with Gasteiger partial charge in [-0.1, -0.05) is 24.3 Å². The van der Waals surface area contributed by atoms with E-state index < -0.39 is 0 Å². The quantitative estimate of drug-likeness (QED) is 0.912. The SMILES string of the molecule is CN(CC1CCNCC1)c1nncc2ccccc12. The van der Waals surface area contributed by atoms with Crippen LogP contribution in [0.4, 0.5) is 5.82 Å². The van der Waals surface area contributed by atoms with E-state index in [0.717, 1.165) is 36.8 Å². The van der Waals surface area contributed by atoms with E-state index in [-0.39, 0.29) is 0 Å². The standard InChI is InChI=1S/C15H20N4/c1-19(11-12-6-8-16-9-7-12)15-14-5-3-2-4-13(14)10-17-18-15/h2-5,10,12,16H,6-9,11H2,1H3. The van der Waals surface area contributed by atoms with Gasteiger partial charge in [0.05, 0.1) is 6.20 Å². The zero-order chi connectivity index (χ0) is 13.1. The van der Waals surface area contributed by atoms with Gasteiger partial charge in [-0.25, -0.2) is 0 Å². The van der Waals surface area contributed by atoms with Gasteiger partial charge in [-0.15, -0.1) is 5.10 Å². The smallest absolute Gasteiger partial charge is 0.158 e. The molecule has 0 bridgehead atoms. The van der Waals surface area contributed by atoms with Gasteiger partial charge in [0.15, 0.2) is 5.82 Å². The number of fused-ring (bicyclic) bond motifs is 1. The lowest BCUT2D eigenvalue weighted by Crippen LogP contribution is -2.35. The lowest BCUT2D eigenvalue weighted by molar-refractivity contribution is 0.377. The fraction of sp³-hybridized carbons (Fsp3) is 0.467. The molecule has 100 valence electrons. The van der Waals surface area contributed by atoms with Gasteiger partial charge in [0.1, 0.15) is 0 Å². The van der Waals surface area contributed by atoms with Crippen LogP contribution in [0.5, 0.6) is 0 Å². The summed E-state index contributed by atoms with van der Waals surface area (Å²) in [6.45, 7) is 3.34. The molecule has 2 aromatic rings. The second-order valence-corrected chi connectivity index (χ2v) is 5.33. The molecular formula is C15H20N4. The highest BCUT2D eigenvalue weighted by Crippen LogP contribution is 2.24. The Labute approximate surface area is 113 Å². The average Bonchev–Trinajstić information content (AvgIpc) is 2.47. The molecule has 19 heavy (non-hydrogen) atoms. The molecule has 1 aliphatic heterocycles.